The van der Waals surface area contributed by atoms with E-state index in [-0.39, 0.29) is 0 Å². The molecule has 0 aromatic rings. The lowest BCUT2D eigenvalue weighted by molar-refractivity contribution is -0.0479. The third-order valence-corrected chi connectivity index (χ3v) is 2.17. The molecule has 3 heteroatoms. The Morgan fingerprint density at radius 1 is 1.70 bits per heavy atom. The Balaban J connectivity index is 2.45. The van der Waals surface area contributed by atoms with Gasteiger partial charge in [-0.25, -0.2) is 0 Å². The van der Waals surface area contributed by atoms with E-state index in [9.17, 15) is 0 Å². The number of likely N-dealkylation sites (N-methyl/N-ethyl adjacent to an activating group) is 1. The lowest BCUT2D eigenvalue weighted by atomic mass is 10.1. The van der Waals surface area contributed by atoms with Gasteiger partial charge in [-0.1, -0.05) is 0 Å². The van der Waals surface area contributed by atoms with Gasteiger partial charge >= 0.3 is 0 Å². The average molecular weight is 144 g/mol. The monoisotopic (exact) mass is 144 g/mol. The maximum atomic E-state index is 5.56. The van der Waals surface area contributed by atoms with Crippen LogP contribution < -0.4 is 5.73 Å². The van der Waals surface area contributed by atoms with E-state index in [1.807, 2.05) is 0 Å². The largest absolute Gasteiger partial charge is 0.376 e. The summed E-state index contributed by atoms with van der Waals surface area (Å²) in [6.07, 6.45) is 0.295. The van der Waals surface area contributed by atoms with Gasteiger partial charge < -0.3 is 10.5 Å². The summed E-state index contributed by atoms with van der Waals surface area (Å²) in [5, 5.41) is 0. The van der Waals surface area contributed by atoms with Crippen molar-refractivity contribution in [2.45, 2.75) is 19.1 Å². The van der Waals surface area contributed by atoms with Crippen LogP contribution in [0.2, 0.25) is 0 Å². The van der Waals surface area contributed by atoms with Gasteiger partial charge in [0.1, 0.15) is 0 Å². The number of nitrogens with two attached hydrogens (primary N) is 1. The van der Waals surface area contributed by atoms with Crippen molar-refractivity contribution >= 4 is 0 Å². The minimum Gasteiger partial charge on any atom is -0.376 e. The Hall–Kier alpha value is -0.120. The topological polar surface area (TPSA) is 38.5 Å². The first-order valence-corrected chi connectivity index (χ1v) is 3.77. The minimum atomic E-state index is 0.295. The van der Waals surface area contributed by atoms with Crippen molar-refractivity contribution in [1.82, 2.24) is 4.90 Å². The van der Waals surface area contributed by atoms with Crippen LogP contribution in [0.4, 0.5) is 0 Å². The van der Waals surface area contributed by atoms with Gasteiger partial charge in [0, 0.05) is 19.1 Å². The fraction of sp³-hybridized carbons (Fsp3) is 1.00. The van der Waals surface area contributed by atoms with Crippen LogP contribution in [0.15, 0.2) is 0 Å². The molecule has 3 nitrogen and oxygen atoms in total. The zero-order valence-electron chi connectivity index (χ0n) is 6.71. The molecule has 2 N–H and O–H groups in total. The van der Waals surface area contributed by atoms with Crippen LogP contribution in [-0.2, 0) is 4.74 Å². The second-order valence-corrected chi connectivity index (χ2v) is 2.86. The minimum absolute atomic E-state index is 0.295. The lowest BCUT2D eigenvalue weighted by Gasteiger charge is -2.36. The molecule has 0 amide bonds. The van der Waals surface area contributed by atoms with Gasteiger partial charge in [0.2, 0.25) is 0 Å². The molecule has 1 saturated heterocycles. The molecule has 0 bridgehead atoms. The maximum Gasteiger partial charge on any atom is 0.0714 e. The van der Waals surface area contributed by atoms with Crippen molar-refractivity contribution in [2.75, 3.05) is 26.7 Å². The smallest absolute Gasteiger partial charge is 0.0714 e. The van der Waals surface area contributed by atoms with Gasteiger partial charge in [-0.3, -0.25) is 4.90 Å². The Bertz CT molecular complexity index is 97.8. The number of rotatable bonds is 1. The van der Waals surface area contributed by atoms with Crippen molar-refractivity contribution in [2.24, 2.45) is 5.73 Å². The van der Waals surface area contributed by atoms with E-state index in [1.165, 1.54) is 0 Å². The van der Waals surface area contributed by atoms with Gasteiger partial charge in [0.05, 0.1) is 12.7 Å². The number of hydrogen-bond donors (Lipinski definition) is 1. The summed E-state index contributed by atoms with van der Waals surface area (Å²) in [4.78, 5) is 2.26. The van der Waals surface area contributed by atoms with Gasteiger partial charge in [0.25, 0.3) is 0 Å². The first-order valence-electron chi connectivity index (χ1n) is 3.77. The molecule has 0 aromatic heterocycles. The molecule has 0 saturated carbocycles. The second-order valence-electron chi connectivity index (χ2n) is 2.86. The van der Waals surface area contributed by atoms with Crippen LogP contribution in [0.25, 0.3) is 0 Å². The van der Waals surface area contributed by atoms with Crippen LogP contribution in [0.5, 0.6) is 0 Å². The van der Waals surface area contributed by atoms with E-state index in [2.05, 4.69) is 18.9 Å². The van der Waals surface area contributed by atoms with Crippen molar-refractivity contribution in [1.29, 1.82) is 0 Å². The summed E-state index contributed by atoms with van der Waals surface area (Å²) in [6, 6.07) is 0.411. The standard InChI is InChI=1S/C7H16N2O/c1-6-7(5-8)9(2)3-4-10-6/h6-7H,3-5,8H2,1-2H3/t6-,7-/m1/s1. The van der Waals surface area contributed by atoms with Crippen LogP contribution in [-0.4, -0.2) is 43.8 Å². The molecule has 0 radical (unpaired) electrons. The molecular weight excluding hydrogens is 128 g/mol. The summed E-state index contributed by atoms with van der Waals surface area (Å²) in [7, 11) is 2.09. The summed E-state index contributed by atoms with van der Waals surface area (Å²) in [5.74, 6) is 0. The highest BCUT2D eigenvalue weighted by Crippen LogP contribution is 2.09. The van der Waals surface area contributed by atoms with E-state index >= 15 is 0 Å². The maximum absolute atomic E-state index is 5.56. The first kappa shape index (κ1) is 7.98. The van der Waals surface area contributed by atoms with Crippen LogP contribution >= 0.6 is 0 Å². The predicted octanol–water partition coefficient (Wildman–Crippen LogP) is -0.336. The Morgan fingerprint density at radius 3 is 2.80 bits per heavy atom. The molecule has 0 spiro atoms. The van der Waals surface area contributed by atoms with E-state index in [4.69, 9.17) is 10.5 Å². The Morgan fingerprint density at radius 2 is 2.40 bits per heavy atom. The van der Waals surface area contributed by atoms with Gasteiger partial charge in [-0.15, -0.1) is 0 Å². The van der Waals surface area contributed by atoms with E-state index in [1.54, 1.807) is 0 Å². The molecule has 0 unspecified atom stereocenters. The van der Waals surface area contributed by atoms with Gasteiger partial charge in [0.15, 0.2) is 0 Å². The Labute approximate surface area is 62.1 Å². The highest BCUT2D eigenvalue weighted by atomic mass is 16.5. The molecule has 1 aliphatic heterocycles. The normalized spacial score (nSPS) is 36.3. The third-order valence-electron chi connectivity index (χ3n) is 2.17. The highest BCUT2D eigenvalue weighted by molar-refractivity contribution is 4.79. The lowest BCUT2D eigenvalue weighted by Crippen LogP contribution is -2.51. The molecule has 60 valence electrons. The summed E-state index contributed by atoms with van der Waals surface area (Å²) in [5.41, 5.74) is 5.56. The zero-order valence-corrected chi connectivity index (χ0v) is 6.71. The van der Waals surface area contributed by atoms with Crippen LogP contribution in [0, 0.1) is 0 Å². The van der Waals surface area contributed by atoms with E-state index in [0.717, 1.165) is 13.2 Å². The molecule has 2 atom stereocenters. The average Bonchev–Trinajstić information content (AvgIpc) is 1.88. The second kappa shape index (κ2) is 3.32. The molecule has 1 aliphatic rings. The summed E-state index contributed by atoms with van der Waals surface area (Å²) < 4.78 is 5.43. The van der Waals surface area contributed by atoms with Crippen LogP contribution in [0.1, 0.15) is 6.92 Å². The third kappa shape index (κ3) is 1.48. The SMILES string of the molecule is C[C@H]1OCCN(C)[C@@H]1CN. The highest BCUT2D eigenvalue weighted by Gasteiger charge is 2.24. The summed E-state index contributed by atoms with van der Waals surface area (Å²) >= 11 is 0. The fourth-order valence-electron chi connectivity index (χ4n) is 1.39. The number of hydrogen-bond acceptors (Lipinski definition) is 3. The first-order chi connectivity index (χ1) is 4.75. The number of ether oxygens (including phenoxy) is 1. The van der Waals surface area contributed by atoms with Gasteiger partial charge in [-0.05, 0) is 14.0 Å². The molecule has 1 heterocycles. The van der Waals surface area contributed by atoms with Crippen molar-refractivity contribution < 1.29 is 4.74 Å². The van der Waals surface area contributed by atoms with E-state index < -0.39 is 0 Å². The molecule has 10 heavy (non-hydrogen) atoms. The van der Waals surface area contributed by atoms with Crippen molar-refractivity contribution in [3.8, 4) is 0 Å². The van der Waals surface area contributed by atoms with Crippen molar-refractivity contribution in [3.05, 3.63) is 0 Å². The Kier molecular flexibility index (Phi) is 2.65. The predicted molar refractivity (Wildman–Crippen MR) is 40.9 cm³/mol. The quantitative estimate of drug-likeness (QED) is 0.547. The molecule has 1 rings (SSSR count). The number of nitrogens with zero attached hydrogens (tertiary/aromatic N) is 1. The number of morpholine rings is 1. The van der Waals surface area contributed by atoms with E-state index in [0.29, 0.717) is 18.7 Å². The summed E-state index contributed by atoms with van der Waals surface area (Å²) in [6.45, 7) is 4.62. The molecular formula is C7H16N2O. The molecule has 1 fully saturated rings. The zero-order chi connectivity index (χ0) is 7.56. The fourth-order valence-corrected chi connectivity index (χ4v) is 1.39. The van der Waals surface area contributed by atoms with Gasteiger partial charge in [-0.2, -0.15) is 0 Å². The van der Waals surface area contributed by atoms with Crippen LogP contribution in [0.3, 0.4) is 0 Å². The van der Waals surface area contributed by atoms with Crippen molar-refractivity contribution in [3.63, 3.8) is 0 Å². The molecule has 0 aliphatic carbocycles. The molecule has 0 aromatic carbocycles.